The molecule has 0 bridgehead atoms. The van der Waals surface area contributed by atoms with Crippen molar-refractivity contribution >= 4 is 50.8 Å². The monoisotopic (exact) mass is 421 g/mol. The summed E-state index contributed by atoms with van der Waals surface area (Å²) in [5.74, 6) is 1.92. The molecule has 0 amide bonds. The molecule has 3 rings (SSSR count). The Hall–Kier alpha value is -1.98. The van der Waals surface area contributed by atoms with Crippen LogP contribution in [0.3, 0.4) is 0 Å². The van der Waals surface area contributed by atoms with Gasteiger partial charge < -0.3 is 13.9 Å². The molecule has 6 heteroatoms. The largest absolute Gasteiger partial charge is 0.490 e. The molecule has 0 saturated heterocycles. The Kier molecular flexibility index (Phi) is 5.66. The summed E-state index contributed by atoms with van der Waals surface area (Å²) in [5.41, 5.74) is 2.38. The molecule has 0 aliphatic carbocycles. The van der Waals surface area contributed by atoms with E-state index in [0.29, 0.717) is 41.2 Å². The normalized spacial score (nSPS) is 11.4. The Bertz CT molecular complexity index is 920. The van der Waals surface area contributed by atoms with E-state index in [1.54, 1.807) is 12.1 Å². The van der Waals surface area contributed by atoms with Gasteiger partial charge in [-0.05, 0) is 71.7 Å². The van der Waals surface area contributed by atoms with Gasteiger partial charge in [-0.2, -0.15) is 0 Å². The maximum absolute atomic E-state index is 5.98. The first kappa shape index (κ1) is 17.8. The average Bonchev–Trinajstić information content (AvgIpc) is 2.98. The average molecular weight is 423 g/mol. The van der Waals surface area contributed by atoms with E-state index in [-0.39, 0.29) is 0 Å². The smallest absolute Gasteiger partial charge is 0.220 e. The molecule has 25 heavy (non-hydrogen) atoms. The minimum absolute atomic E-state index is 0.514. The Labute approximate surface area is 159 Å². The second-order valence-electron chi connectivity index (χ2n) is 5.19. The van der Waals surface area contributed by atoms with Gasteiger partial charge in [-0.1, -0.05) is 11.6 Å². The summed E-state index contributed by atoms with van der Waals surface area (Å²) in [6.07, 6.45) is 3.72. The number of benzene rings is 2. The van der Waals surface area contributed by atoms with Crippen molar-refractivity contribution in [3.05, 3.63) is 51.3 Å². The summed E-state index contributed by atoms with van der Waals surface area (Å²) in [5, 5.41) is 0.633. The van der Waals surface area contributed by atoms with Gasteiger partial charge in [0, 0.05) is 11.1 Å². The molecule has 0 unspecified atom stereocenters. The van der Waals surface area contributed by atoms with Crippen LogP contribution in [0, 0.1) is 0 Å². The molecule has 0 aliphatic heterocycles. The second-order valence-corrected chi connectivity index (χ2v) is 6.48. The van der Waals surface area contributed by atoms with Gasteiger partial charge in [-0.25, -0.2) is 4.98 Å². The number of hydrogen-bond donors (Lipinski definition) is 0. The lowest BCUT2D eigenvalue weighted by Gasteiger charge is -2.13. The summed E-state index contributed by atoms with van der Waals surface area (Å²) in [7, 11) is 0. The van der Waals surface area contributed by atoms with E-state index in [9.17, 15) is 0 Å². The van der Waals surface area contributed by atoms with Crippen LogP contribution < -0.4 is 9.47 Å². The van der Waals surface area contributed by atoms with Crippen LogP contribution in [0.4, 0.5) is 0 Å². The highest BCUT2D eigenvalue weighted by Gasteiger charge is 2.11. The van der Waals surface area contributed by atoms with Crippen molar-refractivity contribution in [1.29, 1.82) is 0 Å². The third-order valence-corrected chi connectivity index (χ3v) is 4.23. The fourth-order valence-corrected chi connectivity index (χ4v) is 3.13. The topological polar surface area (TPSA) is 44.5 Å². The maximum atomic E-state index is 5.98. The van der Waals surface area contributed by atoms with E-state index in [4.69, 9.17) is 25.5 Å². The molecule has 130 valence electrons. The molecule has 3 aromatic rings. The van der Waals surface area contributed by atoms with Gasteiger partial charge in [0.1, 0.15) is 5.52 Å². The summed E-state index contributed by atoms with van der Waals surface area (Å²) >= 11 is 9.51. The number of ether oxygens (including phenoxy) is 2. The lowest BCUT2D eigenvalue weighted by Crippen LogP contribution is -1.99. The van der Waals surface area contributed by atoms with Gasteiger partial charge in [0.15, 0.2) is 17.1 Å². The van der Waals surface area contributed by atoms with Crippen LogP contribution in [0.15, 0.2) is 39.2 Å². The van der Waals surface area contributed by atoms with E-state index in [1.165, 1.54) is 0 Å². The zero-order chi connectivity index (χ0) is 17.8. The number of oxazole rings is 1. The first-order valence-electron chi connectivity index (χ1n) is 7.94. The number of rotatable bonds is 6. The molecule has 1 heterocycles. The van der Waals surface area contributed by atoms with Gasteiger partial charge >= 0.3 is 0 Å². The highest BCUT2D eigenvalue weighted by molar-refractivity contribution is 9.10. The highest BCUT2D eigenvalue weighted by Crippen LogP contribution is 2.37. The third-order valence-electron chi connectivity index (χ3n) is 3.40. The Morgan fingerprint density at radius 3 is 2.68 bits per heavy atom. The van der Waals surface area contributed by atoms with Gasteiger partial charge in [-0.15, -0.1) is 0 Å². The zero-order valence-corrected chi connectivity index (χ0v) is 16.2. The lowest BCUT2D eigenvalue weighted by molar-refractivity contribution is 0.286. The fraction of sp³-hybridized carbons (Fsp3) is 0.211. The maximum Gasteiger partial charge on any atom is 0.220 e. The molecule has 0 N–H and O–H groups in total. The molecular formula is C19H17BrClNO3. The SMILES string of the molecule is CCOc1cc(C=Cc2nc3cc(Cl)ccc3o2)cc(Br)c1OCC. The van der Waals surface area contributed by atoms with Gasteiger partial charge in [0.05, 0.1) is 17.7 Å². The van der Waals surface area contributed by atoms with E-state index in [1.807, 2.05) is 44.2 Å². The minimum Gasteiger partial charge on any atom is -0.490 e. The first-order chi connectivity index (χ1) is 12.1. The summed E-state index contributed by atoms with van der Waals surface area (Å²) in [4.78, 5) is 4.41. The Morgan fingerprint density at radius 2 is 1.92 bits per heavy atom. The van der Waals surface area contributed by atoms with Crippen LogP contribution in [0.1, 0.15) is 25.3 Å². The van der Waals surface area contributed by atoms with Crippen LogP contribution in [0.25, 0.3) is 23.3 Å². The molecule has 0 fully saturated rings. The molecule has 0 atom stereocenters. The molecule has 4 nitrogen and oxygen atoms in total. The molecule has 2 aromatic carbocycles. The van der Waals surface area contributed by atoms with Gasteiger partial charge in [-0.3, -0.25) is 0 Å². The Balaban J connectivity index is 1.91. The fourth-order valence-electron chi connectivity index (χ4n) is 2.39. The van der Waals surface area contributed by atoms with E-state index in [2.05, 4.69) is 20.9 Å². The van der Waals surface area contributed by atoms with Crippen molar-refractivity contribution in [2.45, 2.75) is 13.8 Å². The predicted molar refractivity (Wildman–Crippen MR) is 104 cm³/mol. The molecule has 1 aromatic heterocycles. The summed E-state index contributed by atoms with van der Waals surface area (Å²) in [6.45, 7) is 5.01. The molecule has 0 spiro atoms. The van der Waals surface area contributed by atoms with Crippen molar-refractivity contribution in [1.82, 2.24) is 4.98 Å². The van der Waals surface area contributed by atoms with Gasteiger partial charge in [0.25, 0.3) is 0 Å². The standard InChI is InChI=1S/C19H17BrClNO3/c1-3-23-17-10-12(9-14(20)19(17)24-4-2)5-8-18-22-15-11-13(21)6-7-16(15)25-18/h5-11H,3-4H2,1-2H3. The lowest BCUT2D eigenvalue weighted by atomic mass is 10.2. The van der Waals surface area contributed by atoms with Crippen molar-refractivity contribution in [3.63, 3.8) is 0 Å². The Morgan fingerprint density at radius 1 is 1.12 bits per heavy atom. The second kappa shape index (κ2) is 7.93. The highest BCUT2D eigenvalue weighted by atomic mass is 79.9. The number of fused-ring (bicyclic) bond motifs is 1. The summed E-state index contributed by atoms with van der Waals surface area (Å²) < 4.78 is 17.9. The van der Waals surface area contributed by atoms with Crippen molar-refractivity contribution in [3.8, 4) is 11.5 Å². The number of halogens is 2. The first-order valence-corrected chi connectivity index (χ1v) is 9.11. The van der Waals surface area contributed by atoms with Gasteiger partial charge in [0.2, 0.25) is 5.89 Å². The zero-order valence-electron chi connectivity index (χ0n) is 13.9. The van der Waals surface area contributed by atoms with Crippen molar-refractivity contribution in [2.24, 2.45) is 0 Å². The van der Waals surface area contributed by atoms with Crippen LogP contribution in [0.5, 0.6) is 11.5 Å². The summed E-state index contributed by atoms with van der Waals surface area (Å²) in [6, 6.07) is 9.25. The number of nitrogens with zero attached hydrogens (tertiary/aromatic N) is 1. The quantitative estimate of drug-likeness (QED) is 0.473. The van der Waals surface area contributed by atoms with Crippen LogP contribution in [-0.2, 0) is 0 Å². The van der Waals surface area contributed by atoms with E-state index in [0.717, 1.165) is 15.6 Å². The third kappa shape index (κ3) is 4.17. The minimum atomic E-state index is 0.514. The van der Waals surface area contributed by atoms with Crippen molar-refractivity contribution in [2.75, 3.05) is 13.2 Å². The molecule has 0 radical (unpaired) electrons. The predicted octanol–water partition coefficient (Wildman–Crippen LogP) is 6.21. The van der Waals surface area contributed by atoms with Crippen LogP contribution in [0.2, 0.25) is 5.02 Å². The van der Waals surface area contributed by atoms with E-state index < -0.39 is 0 Å². The number of aromatic nitrogens is 1. The molecule has 0 aliphatic rings. The van der Waals surface area contributed by atoms with Crippen LogP contribution >= 0.6 is 27.5 Å². The molecule has 0 saturated carbocycles. The van der Waals surface area contributed by atoms with Crippen molar-refractivity contribution < 1.29 is 13.9 Å². The molecular weight excluding hydrogens is 406 g/mol. The number of hydrogen-bond acceptors (Lipinski definition) is 4. The van der Waals surface area contributed by atoms with Crippen LogP contribution in [-0.4, -0.2) is 18.2 Å². The van der Waals surface area contributed by atoms with E-state index >= 15 is 0 Å².